The summed E-state index contributed by atoms with van der Waals surface area (Å²) in [5.41, 5.74) is 5.81. The number of hydrogen-bond acceptors (Lipinski definition) is 1. The van der Waals surface area contributed by atoms with Crippen molar-refractivity contribution in [1.29, 1.82) is 0 Å². The van der Waals surface area contributed by atoms with E-state index in [0.29, 0.717) is 0 Å². The molecule has 0 saturated carbocycles. The van der Waals surface area contributed by atoms with E-state index in [1.807, 2.05) is 6.08 Å². The Morgan fingerprint density at radius 1 is 1.11 bits per heavy atom. The third-order valence-electron chi connectivity index (χ3n) is 3.48. The fraction of sp³-hybridized carbons (Fsp3) is 0.188. The minimum atomic E-state index is 0.840. The molecule has 1 heterocycles. The number of benzene rings is 1. The fourth-order valence-corrected chi connectivity index (χ4v) is 2.45. The summed E-state index contributed by atoms with van der Waals surface area (Å²) in [6, 6.07) is 10.6. The molecule has 1 aromatic carbocycles. The van der Waals surface area contributed by atoms with E-state index in [1.54, 1.807) is 0 Å². The van der Waals surface area contributed by atoms with Gasteiger partial charge in [-0.1, -0.05) is 17.7 Å². The van der Waals surface area contributed by atoms with Gasteiger partial charge in [0.1, 0.15) is 6.29 Å². The highest BCUT2D eigenvalue weighted by Crippen LogP contribution is 2.26. The number of carbonyl (C=O) groups excluding carboxylic acids is 1. The van der Waals surface area contributed by atoms with Crippen LogP contribution in [0.15, 0.2) is 42.1 Å². The van der Waals surface area contributed by atoms with E-state index in [2.05, 4.69) is 48.0 Å². The van der Waals surface area contributed by atoms with Crippen molar-refractivity contribution >= 4 is 12.4 Å². The first-order valence-electron chi connectivity index (χ1n) is 6.21. The summed E-state index contributed by atoms with van der Waals surface area (Å²) in [5.74, 6) is 0. The monoisotopic (exact) mass is 237 g/mol. The molecule has 2 aromatic rings. The first-order valence-corrected chi connectivity index (χ1v) is 6.21. The molecule has 18 heavy (non-hydrogen) atoms. The van der Waals surface area contributed by atoms with Crippen LogP contribution in [0, 0.1) is 6.92 Å². The van der Waals surface area contributed by atoms with E-state index in [9.17, 15) is 4.79 Å². The number of carbonyl (C=O) groups is 1. The lowest BCUT2D eigenvalue weighted by molar-refractivity contribution is -0.105. The van der Waals surface area contributed by atoms with Crippen LogP contribution in [0.4, 0.5) is 0 Å². The zero-order valence-electron chi connectivity index (χ0n) is 10.4. The minimum absolute atomic E-state index is 0.840. The molecule has 0 radical (unpaired) electrons. The zero-order chi connectivity index (χ0) is 12.5. The van der Waals surface area contributed by atoms with Gasteiger partial charge in [0.25, 0.3) is 0 Å². The molecule has 2 heteroatoms. The Kier molecular flexibility index (Phi) is 2.63. The topological polar surface area (TPSA) is 22.0 Å². The number of allylic oxidation sites excluding steroid dienone is 1. The van der Waals surface area contributed by atoms with Gasteiger partial charge in [-0.2, -0.15) is 0 Å². The van der Waals surface area contributed by atoms with Crippen molar-refractivity contribution in [3.8, 4) is 5.69 Å². The molecular formula is C16H15NO. The molecule has 1 aromatic heterocycles. The van der Waals surface area contributed by atoms with Gasteiger partial charge in [0.2, 0.25) is 0 Å². The second-order valence-electron chi connectivity index (χ2n) is 4.76. The molecule has 90 valence electrons. The normalized spacial score (nSPS) is 13.9. The molecule has 1 aliphatic rings. The first-order chi connectivity index (χ1) is 8.78. The Balaban J connectivity index is 2.06. The number of aromatic nitrogens is 1. The van der Waals surface area contributed by atoms with Crippen LogP contribution in [0.25, 0.3) is 11.8 Å². The summed E-state index contributed by atoms with van der Waals surface area (Å²) < 4.78 is 2.22. The lowest BCUT2D eigenvalue weighted by Gasteiger charge is -2.14. The third-order valence-corrected chi connectivity index (χ3v) is 3.48. The SMILES string of the molecule is Cc1ccc(-n2ccc3c2CCC(C=O)=C3)cc1. The molecular weight excluding hydrogens is 222 g/mol. The van der Waals surface area contributed by atoms with E-state index in [4.69, 9.17) is 0 Å². The van der Waals surface area contributed by atoms with Crippen LogP contribution in [0.1, 0.15) is 23.2 Å². The largest absolute Gasteiger partial charge is 0.320 e. The summed E-state index contributed by atoms with van der Waals surface area (Å²) in [5, 5.41) is 0. The highest BCUT2D eigenvalue weighted by molar-refractivity contribution is 5.83. The Morgan fingerprint density at radius 2 is 1.89 bits per heavy atom. The molecule has 0 amide bonds. The predicted molar refractivity (Wildman–Crippen MR) is 72.9 cm³/mol. The van der Waals surface area contributed by atoms with Crippen molar-refractivity contribution in [2.75, 3.05) is 0 Å². The fourth-order valence-electron chi connectivity index (χ4n) is 2.45. The maximum absolute atomic E-state index is 10.8. The van der Waals surface area contributed by atoms with Crippen LogP contribution in [0.2, 0.25) is 0 Å². The molecule has 2 nitrogen and oxygen atoms in total. The number of rotatable bonds is 2. The van der Waals surface area contributed by atoms with Gasteiger partial charge >= 0.3 is 0 Å². The van der Waals surface area contributed by atoms with Gasteiger partial charge in [-0.15, -0.1) is 0 Å². The standard InChI is InChI=1S/C16H15NO/c1-12-2-5-15(6-3-12)17-9-8-14-10-13(11-18)4-7-16(14)17/h2-3,5-6,8-11H,4,7H2,1H3. The van der Waals surface area contributed by atoms with Crippen molar-refractivity contribution in [1.82, 2.24) is 4.57 Å². The highest BCUT2D eigenvalue weighted by Gasteiger charge is 2.14. The average Bonchev–Trinajstić information content (AvgIpc) is 2.82. The molecule has 0 bridgehead atoms. The summed E-state index contributed by atoms with van der Waals surface area (Å²) in [4.78, 5) is 10.8. The maximum Gasteiger partial charge on any atom is 0.146 e. The lowest BCUT2D eigenvalue weighted by Crippen LogP contribution is -2.05. The summed E-state index contributed by atoms with van der Waals surface area (Å²) in [6.45, 7) is 2.09. The lowest BCUT2D eigenvalue weighted by atomic mass is 9.98. The van der Waals surface area contributed by atoms with Crippen molar-refractivity contribution in [2.45, 2.75) is 19.8 Å². The molecule has 3 rings (SSSR count). The van der Waals surface area contributed by atoms with E-state index >= 15 is 0 Å². The minimum Gasteiger partial charge on any atom is -0.320 e. The van der Waals surface area contributed by atoms with Gasteiger partial charge in [-0.25, -0.2) is 0 Å². The molecule has 0 N–H and O–H groups in total. The first kappa shape index (κ1) is 11.0. The maximum atomic E-state index is 10.8. The molecule has 0 unspecified atom stereocenters. The summed E-state index contributed by atoms with van der Waals surface area (Å²) >= 11 is 0. The van der Waals surface area contributed by atoms with Crippen LogP contribution in [0.3, 0.4) is 0 Å². The van der Waals surface area contributed by atoms with Crippen molar-refractivity contribution in [3.63, 3.8) is 0 Å². The van der Waals surface area contributed by atoms with Crippen LogP contribution in [-0.2, 0) is 11.2 Å². The van der Waals surface area contributed by atoms with Gasteiger partial charge in [0.15, 0.2) is 0 Å². The second kappa shape index (κ2) is 4.30. The quantitative estimate of drug-likeness (QED) is 0.734. The highest BCUT2D eigenvalue weighted by atomic mass is 16.1. The number of aldehydes is 1. The third kappa shape index (κ3) is 1.80. The van der Waals surface area contributed by atoms with E-state index in [0.717, 1.165) is 24.7 Å². The van der Waals surface area contributed by atoms with Gasteiger partial charge in [-0.3, -0.25) is 4.79 Å². The molecule has 0 saturated heterocycles. The van der Waals surface area contributed by atoms with Gasteiger partial charge in [-0.05, 0) is 55.2 Å². The predicted octanol–water partition coefficient (Wildman–Crippen LogP) is 3.31. The molecule has 0 aliphatic heterocycles. The van der Waals surface area contributed by atoms with Crippen molar-refractivity contribution in [2.24, 2.45) is 0 Å². The zero-order valence-corrected chi connectivity index (χ0v) is 10.4. The van der Waals surface area contributed by atoms with Crippen LogP contribution in [-0.4, -0.2) is 10.9 Å². The van der Waals surface area contributed by atoms with Crippen LogP contribution >= 0.6 is 0 Å². The smallest absolute Gasteiger partial charge is 0.146 e. The Labute approximate surface area is 107 Å². The number of nitrogens with zero attached hydrogens (tertiary/aromatic N) is 1. The second-order valence-corrected chi connectivity index (χ2v) is 4.76. The molecule has 0 fully saturated rings. The van der Waals surface area contributed by atoms with Crippen LogP contribution < -0.4 is 0 Å². The van der Waals surface area contributed by atoms with Crippen LogP contribution in [0.5, 0.6) is 0 Å². The Hall–Kier alpha value is -2.09. The van der Waals surface area contributed by atoms with Gasteiger partial charge < -0.3 is 4.57 Å². The van der Waals surface area contributed by atoms with Gasteiger partial charge in [0.05, 0.1) is 0 Å². The van der Waals surface area contributed by atoms with E-state index in [1.165, 1.54) is 22.5 Å². The number of fused-ring (bicyclic) bond motifs is 1. The van der Waals surface area contributed by atoms with Crippen molar-refractivity contribution in [3.05, 3.63) is 58.9 Å². The van der Waals surface area contributed by atoms with Crippen molar-refractivity contribution < 1.29 is 4.79 Å². The number of hydrogen-bond donors (Lipinski definition) is 0. The van der Waals surface area contributed by atoms with E-state index in [-0.39, 0.29) is 0 Å². The summed E-state index contributed by atoms with van der Waals surface area (Å²) in [7, 11) is 0. The Morgan fingerprint density at radius 3 is 2.61 bits per heavy atom. The van der Waals surface area contributed by atoms with E-state index < -0.39 is 0 Å². The van der Waals surface area contributed by atoms with Gasteiger partial charge in [0, 0.05) is 17.6 Å². The Bertz CT molecular complexity index is 617. The average molecular weight is 237 g/mol. The molecule has 1 aliphatic carbocycles. The molecule has 0 atom stereocenters. The molecule has 0 spiro atoms. The number of aryl methyl sites for hydroxylation is 1. The summed E-state index contributed by atoms with van der Waals surface area (Å²) in [6.07, 6.45) is 6.81.